The number of aliphatic hydroxyl groups is 1. The SMILES string of the molecule is CC(C)c1ccc2c(c1)CCC1C(C)(C(=O)OCCC(O)CC(OO)C3(C)CCCC4(C)c5ccc(C(C)C)cc5CCC43)CCCC21C. The van der Waals surface area contributed by atoms with Crippen molar-refractivity contribution in [3.8, 4) is 0 Å². The molecule has 2 aromatic rings. The minimum atomic E-state index is -0.736. The van der Waals surface area contributed by atoms with E-state index >= 15 is 0 Å². The van der Waals surface area contributed by atoms with E-state index in [1.165, 1.54) is 33.4 Å². The number of esters is 1. The normalized spacial score (nSPS) is 33.6. The third-order valence-corrected chi connectivity index (χ3v) is 14.6. The lowest BCUT2D eigenvalue weighted by molar-refractivity contribution is -0.319. The fourth-order valence-electron chi connectivity index (χ4n) is 11.7. The summed E-state index contributed by atoms with van der Waals surface area (Å²) in [6.07, 6.45) is 9.61. The van der Waals surface area contributed by atoms with E-state index in [9.17, 15) is 15.2 Å². The summed E-state index contributed by atoms with van der Waals surface area (Å²) in [5.41, 5.74) is 7.74. The Bertz CT molecular complexity index is 1510. The predicted octanol–water partition coefficient (Wildman–Crippen LogP) is 10.2. The van der Waals surface area contributed by atoms with Crippen LogP contribution in [0.5, 0.6) is 0 Å². The smallest absolute Gasteiger partial charge is 0.312 e. The molecule has 6 rings (SSSR count). The molecule has 5 nitrogen and oxygen atoms in total. The fraction of sp³-hybridized carbons (Fsp3) is 0.705. The van der Waals surface area contributed by atoms with Gasteiger partial charge in [0.15, 0.2) is 0 Å². The maximum Gasteiger partial charge on any atom is 0.312 e. The topological polar surface area (TPSA) is 76.0 Å². The van der Waals surface area contributed by atoms with Gasteiger partial charge in [-0.1, -0.05) is 97.7 Å². The molecule has 4 aliphatic rings. The number of ether oxygens (including phenoxy) is 1. The molecule has 0 spiro atoms. The number of aliphatic hydroxyl groups excluding tert-OH is 1. The van der Waals surface area contributed by atoms with Crippen LogP contribution in [0.1, 0.15) is 165 Å². The lowest BCUT2D eigenvalue weighted by atomic mass is 9.48. The first-order valence-electron chi connectivity index (χ1n) is 19.6. The summed E-state index contributed by atoms with van der Waals surface area (Å²) in [5, 5.41) is 21.6. The molecule has 4 aliphatic carbocycles. The maximum absolute atomic E-state index is 13.9. The summed E-state index contributed by atoms with van der Waals surface area (Å²) in [5.74, 6) is 1.46. The van der Waals surface area contributed by atoms with E-state index in [1.807, 2.05) is 0 Å². The van der Waals surface area contributed by atoms with Gasteiger partial charge in [-0.15, -0.1) is 0 Å². The summed E-state index contributed by atoms with van der Waals surface area (Å²) >= 11 is 0. The van der Waals surface area contributed by atoms with Gasteiger partial charge in [0, 0.05) is 18.3 Å². The number of hydrogen-bond acceptors (Lipinski definition) is 5. The van der Waals surface area contributed by atoms with Gasteiger partial charge in [0.25, 0.3) is 0 Å². The molecule has 0 aliphatic heterocycles. The molecule has 2 fully saturated rings. The highest BCUT2D eigenvalue weighted by Crippen LogP contribution is 2.60. The molecule has 8 unspecified atom stereocenters. The van der Waals surface area contributed by atoms with E-state index in [-0.39, 0.29) is 34.7 Å². The van der Waals surface area contributed by atoms with Crippen LogP contribution in [0.3, 0.4) is 0 Å². The van der Waals surface area contributed by atoms with Crippen molar-refractivity contribution in [3.05, 3.63) is 69.8 Å². The van der Waals surface area contributed by atoms with Crippen molar-refractivity contribution < 1.29 is 24.8 Å². The maximum atomic E-state index is 13.9. The number of carbonyl (C=O) groups excluding carboxylic acids is 1. The second kappa shape index (κ2) is 13.7. The van der Waals surface area contributed by atoms with Crippen LogP contribution >= 0.6 is 0 Å². The summed E-state index contributed by atoms with van der Waals surface area (Å²) in [6.45, 7) is 18.4. The zero-order valence-corrected chi connectivity index (χ0v) is 31.7. The van der Waals surface area contributed by atoms with Crippen LogP contribution in [0.15, 0.2) is 36.4 Å². The number of benzene rings is 2. The Morgan fingerprint density at radius 1 is 0.796 bits per heavy atom. The predicted molar refractivity (Wildman–Crippen MR) is 197 cm³/mol. The van der Waals surface area contributed by atoms with Gasteiger partial charge in [-0.2, -0.15) is 0 Å². The number of rotatable bonds is 10. The molecule has 0 bridgehead atoms. The average Bonchev–Trinajstić information content (AvgIpc) is 3.06. The summed E-state index contributed by atoms with van der Waals surface area (Å²) in [7, 11) is 0. The van der Waals surface area contributed by atoms with Gasteiger partial charge in [-0.05, 0) is 126 Å². The summed E-state index contributed by atoms with van der Waals surface area (Å²) < 4.78 is 6.04. The van der Waals surface area contributed by atoms with Crippen LogP contribution in [0.4, 0.5) is 0 Å². The Balaban J connectivity index is 1.09. The van der Waals surface area contributed by atoms with Gasteiger partial charge in [0.2, 0.25) is 0 Å². The van der Waals surface area contributed by atoms with Crippen LogP contribution in [-0.2, 0) is 38.1 Å². The minimum absolute atomic E-state index is 0.00758. The van der Waals surface area contributed by atoms with Crippen LogP contribution < -0.4 is 0 Å². The van der Waals surface area contributed by atoms with Crippen LogP contribution in [-0.4, -0.2) is 35.1 Å². The molecule has 5 heteroatoms. The molecule has 2 aromatic carbocycles. The summed E-state index contributed by atoms with van der Waals surface area (Å²) in [4.78, 5) is 19.2. The molecule has 0 heterocycles. The van der Waals surface area contributed by atoms with Gasteiger partial charge in [-0.25, -0.2) is 4.89 Å². The monoisotopic (exact) mass is 672 g/mol. The van der Waals surface area contributed by atoms with Crippen molar-refractivity contribution >= 4 is 5.97 Å². The molecular formula is C44H64O5. The number of aryl methyl sites for hydroxylation is 2. The van der Waals surface area contributed by atoms with Gasteiger partial charge in [-0.3, -0.25) is 10.1 Å². The third-order valence-electron chi connectivity index (χ3n) is 14.6. The highest BCUT2D eigenvalue weighted by Gasteiger charge is 2.57. The van der Waals surface area contributed by atoms with Gasteiger partial charge < -0.3 is 9.84 Å². The minimum Gasteiger partial charge on any atom is -0.465 e. The first-order chi connectivity index (χ1) is 23.2. The van der Waals surface area contributed by atoms with Crippen molar-refractivity contribution in [3.63, 3.8) is 0 Å². The van der Waals surface area contributed by atoms with Crippen molar-refractivity contribution in [2.45, 2.75) is 167 Å². The van der Waals surface area contributed by atoms with E-state index in [2.05, 4.69) is 91.8 Å². The highest BCUT2D eigenvalue weighted by atomic mass is 17.1. The second-order valence-corrected chi connectivity index (χ2v) is 18.2. The molecule has 270 valence electrons. The molecule has 0 saturated heterocycles. The Labute approximate surface area is 296 Å². The first kappa shape index (κ1) is 36.6. The van der Waals surface area contributed by atoms with Gasteiger partial charge >= 0.3 is 5.97 Å². The largest absolute Gasteiger partial charge is 0.465 e. The third kappa shape index (κ3) is 6.33. The summed E-state index contributed by atoms with van der Waals surface area (Å²) in [6, 6.07) is 14.1. The molecule has 2 saturated carbocycles. The molecule has 8 atom stereocenters. The fourth-order valence-corrected chi connectivity index (χ4v) is 11.7. The molecule has 0 aromatic heterocycles. The molecule has 49 heavy (non-hydrogen) atoms. The van der Waals surface area contributed by atoms with Crippen LogP contribution in [0, 0.1) is 22.7 Å². The molecule has 0 radical (unpaired) electrons. The number of hydrogen-bond donors (Lipinski definition) is 2. The van der Waals surface area contributed by atoms with E-state index in [1.54, 1.807) is 0 Å². The lowest BCUT2D eigenvalue weighted by Crippen LogP contribution is -2.54. The van der Waals surface area contributed by atoms with E-state index in [0.29, 0.717) is 30.6 Å². The highest BCUT2D eigenvalue weighted by molar-refractivity contribution is 5.77. The molecular weight excluding hydrogens is 608 g/mol. The Kier molecular flexibility index (Phi) is 10.3. The van der Waals surface area contributed by atoms with Gasteiger partial charge in [0.05, 0.1) is 18.1 Å². The van der Waals surface area contributed by atoms with E-state index < -0.39 is 17.6 Å². The van der Waals surface area contributed by atoms with E-state index in [0.717, 1.165) is 64.2 Å². The Hall–Kier alpha value is -2.21. The number of fused-ring (bicyclic) bond motifs is 6. The average molecular weight is 673 g/mol. The first-order valence-corrected chi connectivity index (χ1v) is 19.6. The second-order valence-electron chi connectivity index (χ2n) is 18.2. The lowest BCUT2D eigenvalue weighted by Gasteiger charge is -2.57. The quantitative estimate of drug-likeness (QED) is 0.149. The van der Waals surface area contributed by atoms with Gasteiger partial charge in [0.1, 0.15) is 6.10 Å². The van der Waals surface area contributed by atoms with Crippen molar-refractivity contribution in [1.29, 1.82) is 0 Å². The zero-order chi connectivity index (χ0) is 35.4. The Morgan fingerprint density at radius 3 is 1.88 bits per heavy atom. The molecule has 2 N–H and O–H groups in total. The standard InChI is InChI=1S/C44H64O5/c1-28(2)30-11-15-35-32(25-30)13-17-37-41(35,5)20-9-22-43(37,7)39(49-47)27-34(45)19-24-48-40(46)44(8)23-10-21-42(6)36-16-12-31(29(3)4)26-33(36)14-18-38(42)44/h11-12,15-16,25-26,28-29,34,37-39,45,47H,9-10,13-14,17-24,27H2,1-8H3. The zero-order valence-electron chi connectivity index (χ0n) is 31.7. The number of carbonyl (C=O) groups is 1. The van der Waals surface area contributed by atoms with Crippen LogP contribution in [0.25, 0.3) is 0 Å². The van der Waals surface area contributed by atoms with Crippen molar-refractivity contribution in [2.75, 3.05) is 6.61 Å². The van der Waals surface area contributed by atoms with Crippen molar-refractivity contribution in [1.82, 2.24) is 0 Å². The van der Waals surface area contributed by atoms with E-state index in [4.69, 9.17) is 9.62 Å². The van der Waals surface area contributed by atoms with Crippen molar-refractivity contribution in [2.24, 2.45) is 22.7 Å². The Morgan fingerprint density at radius 2 is 1.33 bits per heavy atom. The van der Waals surface area contributed by atoms with Crippen LogP contribution in [0.2, 0.25) is 0 Å². The molecule has 0 amide bonds.